The third-order valence-electron chi connectivity index (χ3n) is 1.50. The van der Waals surface area contributed by atoms with Crippen molar-refractivity contribution >= 4 is 0 Å². The van der Waals surface area contributed by atoms with E-state index in [9.17, 15) is 13.2 Å². The maximum atomic E-state index is 12.1. The average Bonchev–Trinajstić information content (AvgIpc) is 2.14. The molecule has 78 valence electrons. The van der Waals surface area contributed by atoms with Gasteiger partial charge >= 0.3 is 6.18 Å². The molecule has 0 bridgehead atoms. The molecule has 0 aromatic carbocycles. The van der Waals surface area contributed by atoms with E-state index in [1.165, 1.54) is 0 Å². The summed E-state index contributed by atoms with van der Waals surface area (Å²) in [6.45, 7) is 0.388. The molecule has 0 saturated carbocycles. The molecular weight excluding hydrogens is 197 g/mol. The molecule has 0 amide bonds. The van der Waals surface area contributed by atoms with E-state index in [0.29, 0.717) is 25.6 Å². The van der Waals surface area contributed by atoms with Crippen LogP contribution in [0.4, 0.5) is 13.2 Å². The maximum absolute atomic E-state index is 12.1. The molecule has 0 aliphatic heterocycles. The zero-order valence-electron chi connectivity index (χ0n) is 7.25. The first-order valence-electron chi connectivity index (χ1n) is 4.00. The molecule has 14 heavy (non-hydrogen) atoms. The van der Waals surface area contributed by atoms with Crippen LogP contribution in [-0.4, -0.2) is 21.7 Å². The third kappa shape index (κ3) is 2.91. The monoisotopic (exact) mass is 206 g/mol. The first-order chi connectivity index (χ1) is 6.54. The van der Waals surface area contributed by atoms with Gasteiger partial charge in [0.05, 0.1) is 6.20 Å². The minimum Gasteiger partial charge on any atom is -0.330 e. The molecule has 1 aromatic heterocycles. The van der Waals surface area contributed by atoms with Gasteiger partial charge in [0.25, 0.3) is 0 Å². The Labute approximate surface area is 78.4 Å². The van der Waals surface area contributed by atoms with Crippen LogP contribution in [0.3, 0.4) is 0 Å². The number of aryl methyl sites for hydroxylation is 1. The molecule has 1 heterocycles. The number of nitrogens with zero attached hydrogens (tertiary/aromatic N) is 3. The summed E-state index contributed by atoms with van der Waals surface area (Å²) in [5.41, 5.74) is 4.19. The zero-order valence-corrected chi connectivity index (χ0v) is 7.25. The van der Waals surface area contributed by atoms with Crippen LogP contribution in [0.15, 0.2) is 6.20 Å². The predicted octanol–water partition coefficient (Wildman–Crippen LogP) is 0.782. The van der Waals surface area contributed by atoms with Crippen molar-refractivity contribution in [2.45, 2.75) is 19.0 Å². The highest BCUT2D eigenvalue weighted by atomic mass is 19.4. The Kier molecular flexibility index (Phi) is 3.34. The molecule has 0 radical (unpaired) electrons. The second-order valence-electron chi connectivity index (χ2n) is 2.65. The Hall–Kier alpha value is -1.24. The van der Waals surface area contributed by atoms with E-state index in [1.54, 1.807) is 0 Å². The zero-order chi connectivity index (χ0) is 10.6. The van der Waals surface area contributed by atoms with Gasteiger partial charge < -0.3 is 5.73 Å². The molecule has 0 atom stereocenters. The van der Waals surface area contributed by atoms with Gasteiger partial charge in [-0.25, -0.2) is 4.98 Å². The predicted molar refractivity (Wildman–Crippen MR) is 42.2 cm³/mol. The van der Waals surface area contributed by atoms with Crippen molar-refractivity contribution in [1.29, 1.82) is 0 Å². The van der Waals surface area contributed by atoms with E-state index in [0.717, 1.165) is 0 Å². The van der Waals surface area contributed by atoms with Crippen LogP contribution >= 0.6 is 0 Å². The van der Waals surface area contributed by atoms with Crippen LogP contribution in [0.1, 0.15) is 17.9 Å². The lowest BCUT2D eigenvalue weighted by Gasteiger charge is -2.05. The summed E-state index contributed by atoms with van der Waals surface area (Å²) in [5, 5.41) is 6.70. The average molecular weight is 206 g/mol. The molecule has 7 heteroatoms. The smallest absolute Gasteiger partial charge is 0.330 e. The molecule has 0 aliphatic carbocycles. The standard InChI is InChI=1S/C7H9F3N4/c8-7(9,10)5-4-12-14-6(13-5)2-1-3-11/h4H,1-3,11H2. The van der Waals surface area contributed by atoms with Crippen molar-refractivity contribution < 1.29 is 13.2 Å². The molecular formula is C7H9F3N4. The summed E-state index contributed by atoms with van der Waals surface area (Å²) in [6.07, 6.45) is -3.00. The van der Waals surface area contributed by atoms with Gasteiger partial charge in [-0.1, -0.05) is 0 Å². The number of alkyl halides is 3. The van der Waals surface area contributed by atoms with Crippen LogP contribution < -0.4 is 5.73 Å². The topological polar surface area (TPSA) is 64.7 Å². The molecule has 0 saturated heterocycles. The normalized spacial score (nSPS) is 11.7. The van der Waals surface area contributed by atoms with E-state index < -0.39 is 11.9 Å². The highest BCUT2D eigenvalue weighted by Gasteiger charge is 2.33. The van der Waals surface area contributed by atoms with Gasteiger partial charge in [0, 0.05) is 6.42 Å². The van der Waals surface area contributed by atoms with Gasteiger partial charge in [0.2, 0.25) is 0 Å². The quantitative estimate of drug-likeness (QED) is 0.793. The summed E-state index contributed by atoms with van der Waals surface area (Å²) < 4.78 is 36.4. The second kappa shape index (κ2) is 4.32. The van der Waals surface area contributed by atoms with Gasteiger partial charge in [-0.3, -0.25) is 0 Å². The lowest BCUT2D eigenvalue weighted by atomic mass is 10.3. The number of rotatable bonds is 3. The fourth-order valence-electron chi connectivity index (χ4n) is 0.843. The third-order valence-corrected chi connectivity index (χ3v) is 1.50. The highest BCUT2D eigenvalue weighted by Crippen LogP contribution is 2.26. The van der Waals surface area contributed by atoms with Crippen molar-refractivity contribution in [3.05, 3.63) is 17.7 Å². The first kappa shape index (κ1) is 10.8. The molecule has 1 rings (SSSR count). The van der Waals surface area contributed by atoms with Crippen molar-refractivity contribution in [2.75, 3.05) is 6.54 Å². The Morgan fingerprint density at radius 1 is 1.36 bits per heavy atom. The van der Waals surface area contributed by atoms with Crippen molar-refractivity contribution in [3.63, 3.8) is 0 Å². The van der Waals surface area contributed by atoms with Crippen LogP contribution in [0, 0.1) is 0 Å². The van der Waals surface area contributed by atoms with E-state index in [2.05, 4.69) is 15.2 Å². The second-order valence-corrected chi connectivity index (χ2v) is 2.65. The summed E-state index contributed by atoms with van der Waals surface area (Å²) in [5.74, 6) is 0.0743. The van der Waals surface area contributed by atoms with Gasteiger partial charge in [-0.05, 0) is 13.0 Å². The minimum absolute atomic E-state index is 0.0743. The van der Waals surface area contributed by atoms with Crippen LogP contribution in [0.5, 0.6) is 0 Å². The number of halogens is 3. The van der Waals surface area contributed by atoms with Crippen LogP contribution in [0.2, 0.25) is 0 Å². The van der Waals surface area contributed by atoms with Crippen molar-refractivity contribution in [2.24, 2.45) is 5.73 Å². The number of hydrogen-bond donors (Lipinski definition) is 1. The van der Waals surface area contributed by atoms with Crippen LogP contribution in [0.25, 0.3) is 0 Å². The summed E-state index contributed by atoms with van der Waals surface area (Å²) in [7, 11) is 0. The van der Waals surface area contributed by atoms with E-state index in [-0.39, 0.29) is 5.82 Å². The molecule has 0 unspecified atom stereocenters. The molecule has 0 spiro atoms. The van der Waals surface area contributed by atoms with Crippen LogP contribution in [-0.2, 0) is 12.6 Å². The fourth-order valence-corrected chi connectivity index (χ4v) is 0.843. The fraction of sp³-hybridized carbons (Fsp3) is 0.571. The molecule has 2 N–H and O–H groups in total. The maximum Gasteiger partial charge on any atom is 0.435 e. The summed E-state index contributed by atoms with van der Waals surface area (Å²) in [6, 6.07) is 0. The molecule has 1 aromatic rings. The highest BCUT2D eigenvalue weighted by molar-refractivity contribution is 5.00. The van der Waals surface area contributed by atoms with Crippen molar-refractivity contribution in [3.8, 4) is 0 Å². The molecule has 4 nitrogen and oxygen atoms in total. The first-order valence-corrected chi connectivity index (χ1v) is 4.00. The Morgan fingerprint density at radius 2 is 2.07 bits per heavy atom. The van der Waals surface area contributed by atoms with Gasteiger partial charge in [-0.15, -0.1) is 5.10 Å². The summed E-state index contributed by atoms with van der Waals surface area (Å²) in [4.78, 5) is 3.33. The Bertz CT molecular complexity index is 299. The number of aromatic nitrogens is 3. The summed E-state index contributed by atoms with van der Waals surface area (Å²) >= 11 is 0. The lowest BCUT2D eigenvalue weighted by Crippen LogP contribution is -2.12. The van der Waals surface area contributed by atoms with E-state index in [1.807, 2.05) is 0 Å². The molecule has 0 aliphatic rings. The molecule has 0 fully saturated rings. The number of hydrogen-bond acceptors (Lipinski definition) is 4. The Balaban J connectivity index is 2.79. The van der Waals surface area contributed by atoms with Crippen molar-refractivity contribution in [1.82, 2.24) is 15.2 Å². The Morgan fingerprint density at radius 3 is 2.64 bits per heavy atom. The van der Waals surface area contributed by atoms with Gasteiger partial charge in [-0.2, -0.15) is 18.3 Å². The van der Waals surface area contributed by atoms with E-state index >= 15 is 0 Å². The SMILES string of the molecule is NCCCc1nncc(C(F)(F)F)n1. The largest absolute Gasteiger partial charge is 0.435 e. The number of nitrogens with two attached hydrogens (primary N) is 1. The van der Waals surface area contributed by atoms with Gasteiger partial charge in [0.1, 0.15) is 0 Å². The lowest BCUT2D eigenvalue weighted by molar-refractivity contribution is -0.141. The van der Waals surface area contributed by atoms with Gasteiger partial charge in [0.15, 0.2) is 11.5 Å². The van der Waals surface area contributed by atoms with E-state index in [4.69, 9.17) is 5.73 Å². The minimum atomic E-state index is -4.46.